The average molecular weight is 465 g/mol. The Balaban J connectivity index is 1.45. The first kappa shape index (κ1) is 21.0. The summed E-state index contributed by atoms with van der Waals surface area (Å²) >= 11 is 2.53. The highest BCUT2D eigenvalue weighted by atomic mass is 32.2. The number of nitrogens with one attached hydrogen (secondary N) is 1. The topological polar surface area (TPSA) is 101 Å². The fraction of sp³-hybridized carbons (Fsp3) is 0.316. The van der Waals surface area contributed by atoms with E-state index in [1.807, 2.05) is 5.38 Å². The van der Waals surface area contributed by atoms with Crippen LogP contribution in [0.25, 0.3) is 10.2 Å². The quantitative estimate of drug-likeness (QED) is 0.444. The smallest absolute Gasteiger partial charge is 0.262 e. The van der Waals surface area contributed by atoms with Crippen LogP contribution in [0.2, 0.25) is 0 Å². The number of thiophene rings is 1. The van der Waals surface area contributed by atoms with Gasteiger partial charge in [-0.15, -0.1) is 11.3 Å². The second kappa shape index (κ2) is 8.50. The molecule has 0 atom stereocenters. The van der Waals surface area contributed by atoms with E-state index in [0.29, 0.717) is 34.1 Å². The third-order valence-electron chi connectivity index (χ3n) is 4.82. The number of sulfonamides is 1. The number of carbonyl (C=O) groups is 1. The van der Waals surface area contributed by atoms with Gasteiger partial charge in [-0.2, -0.15) is 4.31 Å². The fourth-order valence-electron chi connectivity index (χ4n) is 3.25. The summed E-state index contributed by atoms with van der Waals surface area (Å²) in [7, 11) is -1.92. The van der Waals surface area contributed by atoms with E-state index in [-0.39, 0.29) is 22.1 Å². The molecule has 1 amide bonds. The van der Waals surface area contributed by atoms with Crippen molar-refractivity contribution in [3.05, 3.63) is 46.1 Å². The predicted molar refractivity (Wildman–Crippen MR) is 119 cm³/mol. The number of aromatic nitrogens is 2. The van der Waals surface area contributed by atoms with Crippen molar-refractivity contribution in [3.8, 4) is 0 Å². The molecule has 1 aliphatic rings. The summed E-state index contributed by atoms with van der Waals surface area (Å²) in [5.41, 5.74) is 0.264. The largest absolute Gasteiger partial charge is 0.325 e. The molecular formula is C19H20N4O4S3. The number of hydrogen-bond acceptors (Lipinski definition) is 7. The van der Waals surface area contributed by atoms with Crippen LogP contribution in [0.15, 0.2) is 50.6 Å². The highest BCUT2D eigenvalue weighted by molar-refractivity contribution is 7.99. The highest BCUT2D eigenvalue weighted by Gasteiger charge is 2.27. The Hall–Kier alpha value is -2.21. The lowest BCUT2D eigenvalue weighted by Crippen LogP contribution is -2.28. The Kier molecular flexibility index (Phi) is 5.96. The lowest BCUT2D eigenvalue weighted by molar-refractivity contribution is -0.113. The van der Waals surface area contributed by atoms with Crippen LogP contribution < -0.4 is 10.9 Å². The summed E-state index contributed by atoms with van der Waals surface area (Å²) in [6, 6.07) is 8.01. The number of thioether (sulfide) groups is 1. The van der Waals surface area contributed by atoms with E-state index >= 15 is 0 Å². The first-order valence-corrected chi connectivity index (χ1v) is 12.6. The molecule has 1 fully saturated rings. The van der Waals surface area contributed by atoms with Gasteiger partial charge < -0.3 is 5.32 Å². The Morgan fingerprint density at radius 1 is 1.27 bits per heavy atom. The summed E-state index contributed by atoms with van der Waals surface area (Å²) in [6.07, 6.45) is 1.72. The van der Waals surface area contributed by atoms with Gasteiger partial charge in [-0.25, -0.2) is 13.4 Å². The van der Waals surface area contributed by atoms with Crippen molar-refractivity contribution in [3.63, 3.8) is 0 Å². The van der Waals surface area contributed by atoms with Crippen molar-refractivity contribution in [2.24, 2.45) is 7.05 Å². The predicted octanol–water partition coefficient (Wildman–Crippen LogP) is 2.51. The van der Waals surface area contributed by atoms with Gasteiger partial charge in [0.1, 0.15) is 4.83 Å². The summed E-state index contributed by atoms with van der Waals surface area (Å²) in [5, 5.41) is 5.55. The molecule has 0 saturated carbocycles. The third-order valence-corrected chi connectivity index (χ3v) is 8.55. The SMILES string of the molecule is Cn1c(SCC(=O)Nc2cccc(S(=O)(=O)N3CCCC3)c2)nc2sccc2c1=O. The number of carbonyl (C=O) groups excluding carboxylic acids is 1. The van der Waals surface area contributed by atoms with Crippen molar-refractivity contribution in [2.75, 3.05) is 24.2 Å². The molecule has 0 spiro atoms. The second-order valence-corrected chi connectivity index (χ2v) is 10.6. The van der Waals surface area contributed by atoms with Gasteiger partial charge in [0.15, 0.2) is 5.16 Å². The van der Waals surface area contributed by atoms with Crippen LogP contribution in [-0.4, -0.2) is 47.0 Å². The van der Waals surface area contributed by atoms with Crippen molar-refractivity contribution in [1.82, 2.24) is 13.9 Å². The summed E-state index contributed by atoms with van der Waals surface area (Å²) < 4.78 is 28.3. The van der Waals surface area contributed by atoms with Gasteiger partial charge in [0.2, 0.25) is 15.9 Å². The highest BCUT2D eigenvalue weighted by Crippen LogP contribution is 2.24. The van der Waals surface area contributed by atoms with Gasteiger partial charge in [-0.1, -0.05) is 17.8 Å². The number of benzene rings is 1. The summed E-state index contributed by atoms with van der Waals surface area (Å²) in [6.45, 7) is 1.05. The zero-order chi connectivity index (χ0) is 21.3. The number of rotatable bonds is 6. The molecule has 2 aromatic heterocycles. The maximum atomic E-state index is 12.7. The minimum absolute atomic E-state index is 0.0419. The molecular weight excluding hydrogens is 444 g/mol. The molecule has 3 heterocycles. The van der Waals surface area contributed by atoms with Gasteiger partial charge >= 0.3 is 0 Å². The van der Waals surface area contributed by atoms with Gasteiger partial charge in [0, 0.05) is 25.8 Å². The standard InChI is InChI=1S/C19H20N4O4S3/c1-22-18(25)15-7-10-28-17(15)21-19(22)29-12-16(24)20-13-5-4-6-14(11-13)30(26,27)23-8-2-3-9-23/h4-7,10-11H,2-3,8-9,12H2,1H3,(H,20,24). The molecule has 1 saturated heterocycles. The van der Waals surface area contributed by atoms with Crippen molar-refractivity contribution in [2.45, 2.75) is 22.9 Å². The molecule has 0 aliphatic carbocycles. The molecule has 1 aromatic carbocycles. The van der Waals surface area contributed by atoms with E-state index in [1.165, 1.54) is 32.3 Å². The molecule has 3 aromatic rings. The van der Waals surface area contributed by atoms with E-state index in [9.17, 15) is 18.0 Å². The molecule has 0 radical (unpaired) electrons. The van der Waals surface area contributed by atoms with Crippen LogP contribution in [0.1, 0.15) is 12.8 Å². The fourth-order valence-corrected chi connectivity index (χ4v) is 6.39. The van der Waals surface area contributed by atoms with Crippen LogP contribution in [0, 0.1) is 0 Å². The van der Waals surface area contributed by atoms with E-state index in [4.69, 9.17) is 0 Å². The normalized spacial score (nSPS) is 15.0. The Morgan fingerprint density at radius 3 is 2.80 bits per heavy atom. The lowest BCUT2D eigenvalue weighted by Gasteiger charge is -2.16. The minimum Gasteiger partial charge on any atom is -0.325 e. The Bertz CT molecular complexity index is 1260. The van der Waals surface area contributed by atoms with E-state index in [2.05, 4.69) is 10.3 Å². The minimum atomic E-state index is -3.55. The third kappa shape index (κ3) is 4.15. The Labute approximate surface area is 182 Å². The second-order valence-electron chi connectivity index (χ2n) is 6.87. The van der Waals surface area contributed by atoms with Crippen LogP contribution in [0.3, 0.4) is 0 Å². The maximum absolute atomic E-state index is 12.7. The first-order chi connectivity index (χ1) is 14.4. The number of amides is 1. The van der Waals surface area contributed by atoms with Crippen LogP contribution in [0.4, 0.5) is 5.69 Å². The maximum Gasteiger partial charge on any atom is 0.262 e. The zero-order valence-corrected chi connectivity index (χ0v) is 18.6. The van der Waals surface area contributed by atoms with Crippen molar-refractivity contribution < 1.29 is 13.2 Å². The molecule has 4 rings (SSSR count). The van der Waals surface area contributed by atoms with Crippen molar-refractivity contribution in [1.29, 1.82) is 0 Å². The number of fused-ring (bicyclic) bond motifs is 1. The molecule has 30 heavy (non-hydrogen) atoms. The van der Waals surface area contributed by atoms with Gasteiger partial charge in [-0.05, 0) is 42.5 Å². The number of anilines is 1. The molecule has 0 bridgehead atoms. The van der Waals surface area contributed by atoms with Gasteiger partial charge in [0.25, 0.3) is 5.56 Å². The van der Waals surface area contributed by atoms with Crippen LogP contribution in [-0.2, 0) is 21.9 Å². The Morgan fingerprint density at radius 2 is 2.03 bits per heavy atom. The summed E-state index contributed by atoms with van der Waals surface area (Å²) in [4.78, 5) is 30.0. The molecule has 11 heteroatoms. The van der Waals surface area contributed by atoms with E-state index in [1.54, 1.807) is 25.2 Å². The summed E-state index contributed by atoms with van der Waals surface area (Å²) in [5.74, 6) is -0.267. The van der Waals surface area contributed by atoms with Crippen LogP contribution in [0.5, 0.6) is 0 Å². The number of nitrogens with zero attached hydrogens (tertiary/aromatic N) is 3. The lowest BCUT2D eigenvalue weighted by atomic mass is 10.3. The molecule has 1 aliphatic heterocycles. The molecule has 158 valence electrons. The van der Waals surface area contributed by atoms with Gasteiger partial charge in [0.05, 0.1) is 16.0 Å². The molecule has 1 N–H and O–H groups in total. The van der Waals surface area contributed by atoms with E-state index in [0.717, 1.165) is 24.6 Å². The van der Waals surface area contributed by atoms with Crippen molar-refractivity contribution >= 4 is 54.9 Å². The average Bonchev–Trinajstić information content (AvgIpc) is 3.42. The van der Waals surface area contributed by atoms with Gasteiger partial charge in [-0.3, -0.25) is 14.2 Å². The van der Waals surface area contributed by atoms with E-state index < -0.39 is 10.0 Å². The molecule has 0 unspecified atom stereocenters. The van der Waals surface area contributed by atoms with Crippen LogP contribution >= 0.6 is 23.1 Å². The zero-order valence-electron chi connectivity index (χ0n) is 16.2. The number of hydrogen-bond donors (Lipinski definition) is 1. The monoisotopic (exact) mass is 464 g/mol. The molecule has 8 nitrogen and oxygen atoms in total. The first-order valence-electron chi connectivity index (χ1n) is 9.33.